The highest BCUT2D eigenvalue weighted by molar-refractivity contribution is 6.66. The van der Waals surface area contributed by atoms with Crippen molar-refractivity contribution in [2.75, 3.05) is 61.0 Å². The van der Waals surface area contributed by atoms with Gasteiger partial charge in [0.25, 0.3) is 0 Å². The van der Waals surface area contributed by atoms with E-state index < -0.39 is 14.4 Å². The Morgan fingerprint density at radius 3 is 1.19 bits per heavy atom. The molecule has 0 heterocycles. The van der Waals surface area contributed by atoms with E-state index in [1.807, 2.05) is 0 Å². The number of methoxy groups -OCH3 is 3. The summed E-state index contributed by atoms with van der Waals surface area (Å²) in [5, 5.41) is 0. The van der Waals surface area contributed by atoms with Gasteiger partial charge in [-0.3, -0.25) is 0 Å². The van der Waals surface area contributed by atoms with E-state index in [9.17, 15) is 0 Å². The average Bonchev–Trinajstić information content (AvgIpc) is 2.71. The molecule has 0 unspecified atom stereocenters. The van der Waals surface area contributed by atoms with Crippen molar-refractivity contribution >= 4 is 19.3 Å². The van der Waals surface area contributed by atoms with E-state index in [0.717, 1.165) is 0 Å². The van der Waals surface area contributed by atoms with Crippen LogP contribution >= 0.6 is 0 Å². The summed E-state index contributed by atoms with van der Waals surface area (Å²) >= 11 is 0. The van der Waals surface area contributed by atoms with Gasteiger partial charge < -0.3 is 31.9 Å². The highest BCUT2D eigenvalue weighted by Crippen LogP contribution is 2.12. The van der Waals surface area contributed by atoms with Gasteiger partial charge in [-0.05, 0) is 5.70 Å². The lowest BCUT2D eigenvalue weighted by atomic mass is 10.1. The van der Waals surface area contributed by atoms with Gasteiger partial charge in [-0.1, -0.05) is 44.5 Å². The van der Waals surface area contributed by atoms with Crippen LogP contribution < -0.4 is 0 Å². The van der Waals surface area contributed by atoms with E-state index >= 15 is 0 Å². The second kappa shape index (κ2) is 18.5. The van der Waals surface area contributed by atoms with Crippen LogP contribution in [0.25, 0.3) is 0 Å². The van der Waals surface area contributed by atoms with Gasteiger partial charge in [-0.25, -0.2) is 0 Å². The zero-order chi connectivity index (χ0) is 21.0. The van der Waals surface area contributed by atoms with Crippen molar-refractivity contribution in [3.63, 3.8) is 0 Å². The Kier molecular flexibility index (Phi) is 19.4. The van der Waals surface area contributed by atoms with E-state index in [4.69, 9.17) is 31.9 Å². The van der Waals surface area contributed by atoms with Gasteiger partial charge in [-0.15, -0.1) is 0 Å². The first kappa shape index (κ1) is 28.3. The molecule has 0 aliphatic carbocycles. The SMILES string of the molecule is C=CC(C=C)(C=C)O[SiH3].C=C[Si](OCCOC)(OCCOC)OCCOC. The first-order valence-electron chi connectivity index (χ1n) is 8.47. The van der Waals surface area contributed by atoms with Crippen molar-refractivity contribution < 1.29 is 31.9 Å². The van der Waals surface area contributed by atoms with Crippen LogP contribution in [-0.4, -0.2) is 85.9 Å². The van der Waals surface area contributed by atoms with Crippen LogP contribution in [0.1, 0.15) is 0 Å². The van der Waals surface area contributed by atoms with Gasteiger partial charge in [0.05, 0.1) is 39.6 Å². The predicted molar refractivity (Wildman–Crippen MR) is 114 cm³/mol. The minimum absolute atomic E-state index is 0.398. The summed E-state index contributed by atoms with van der Waals surface area (Å²) in [6.07, 6.45) is 5.04. The molecule has 0 radical (unpaired) electrons. The van der Waals surface area contributed by atoms with Crippen LogP contribution in [-0.2, 0) is 31.9 Å². The smallest absolute Gasteiger partial charge is 0.412 e. The molecule has 0 fully saturated rings. The van der Waals surface area contributed by atoms with Crippen LogP contribution in [0.4, 0.5) is 0 Å². The zero-order valence-corrected chi connectivity index (χ0v) is 20.2. The maximum Gasteiger partial charge on any atom is 0.529 e. The van der Waals surface area contributed by atoms with Crippen LogP contribution in [0.5, 0.6) is 0 Å². The fourth-order valence-electron chi connectivity index (χ4n) is 1.60. The van der Waals surface area contributed by atoms with Crippen molar-refractivity contribution in [1.82, 2.24) is 0 Å². The second-order valence-electron chi connectivity index (χ2n) is 5.00. The molecule has 0 aromatic carbocycles. The Bertz CT molecular complexity index is 357. The van der Waals surface area contributed by atoms with E-state index in [1.54, 1.807) is 45.3 Å². The summed E-state index contributed by atoms with van der Waals surface area (Å²) in [6, 6.07) is 0. The van der Waals surface area contributed by atoms with Crippen LogP contribution in [0.2, 0.25) is 0 Å². The predicted octanol–water partition coefficient (Wildman–Crippen LogP) is 1.22. The Labute approximate surface area is 168 Å². The van der Waals surface area contributed by atoms with Crippen LogP contribution in [0.3, 0.4) is 0 Å². The molecule has 0 atom stereocenters. The molecule has 158 valence electrons. The zero-order valence-electron chi connectivity index (χ0n) is 17.2. The largest absolute Gasteiger partial charge is 0.529 e. The molecular weight excluding hydrogens is 384 g/mol. The van der Waals surface area contributed by atoms with E-state index in [2.05, 4.69) is 26.3 Å². The molecule has 0 amide bonds. The number of hydrogen-bond acceptors (Lipinski definition) is 7. The molecule has 0 spiro atoms. The highest BCUT2D eigenvalue weighted by Gasteiger charge is 2.37. The molecule has 0 saturated carbocycles. The van der Waals surface area contributed by atoms with Crippen molar-refractivity contribution in [3.8, 4) is 0 Å². The third kappa shape index (κ3) is 13.0. The Balaban J connectivity index is 0. The molecule has 0 bridgehead atoms. The van der Waals surface area contributed by atoms with Crippen molar-refractivity contribution in [2.24, 2.45) is 0 Å². The Hall–Kier alpha value is -0.886. The lowest BCUT2D eigenvalue weighted by Gasteiger charge is -2.26. The van der Waals surface area contributed by atoms with Crippen molar-refractivity contribution in [3.05, 3.63) is 50.2 Å². The molecule has 0 rings (SSSR count). The summed E-state index contributed by atoms with van der Waals surface area (Å²) < 4.78 is 36.9. The number of ether oxygens (including phenoxy) is 3. The Morgan fingerprint density at radius 2 is 1.04 bits per heavy atom. The number of rotatable bonds is 17. The average molecular weight is 421 g/mol. The molecule has 0 saturated heterocycles. The summed E-state index contributed by atoms with van der Waals surface area (Å²) in [5.41, 5.74) is 1.13. The molecule has 0 aromatic rings. The fraction of sp³-hybridized carbons (Fsp3) is 0.556. The molecule has 0 aliphatic heterocycles. The molecule has 0 N–H and O–H groups in total. The number of hydrogen-bond donors (Lipinski definition) is 0. The standard InChI is InChI=1S/C11H24O6Si.C7H12OSi/c1-5-18(15-9-6-12-2,16-10-7-13-3)17-11-8-14-4;1-4-7(5-2,6-3)8-9/h5H,1,6-11H2,2-4H3;4-6H,1-3H2,9H3. The van der Waals surface area contributed by atoms with Gasteiger partial charge in [0.2, 0.25) is 0 Å². The lowest BCUT2D eigenvalue weighted by Crippen LogP contribution is -2.46. The minimum atomic E-state index is -2.86. The van der Waals surface area contributed by atoms with Crippen molar-refractivity contribution in [2.45, 2.75) is 5.60 Å². The molecule has 0 aliphatic rings. The minimum Gasteiger partial charge on any atom is -0.412 e. The Morgan fingerprint density at radius 1 is 0.704 bits per heavy atom. The van der Waals surface area contributed by atoms with Crippen molar-refractivity contribution in [1.29, 1.82) is 0 Å². The van der Waals surface area contributed by atoms with Gasteiger partial charge >= 0.3 is 8.80 Å². The van der Waals surface area contributed by atoms with Gasteiger partial charge in [-0.2, -0.15) is 0 Å². The normalized spacial score (nSPS) is 11.4. The third-order valence-electron chi connectivity index (χ3n) is 3.33. The molecule has 7 nitrogen and oxygen atoms in total. The maximum atomic E-state index is 5.65. The van der Waals surface area contributed by atoms with E-state index in [0.29, 0.717) is 50.1 Å². The maximum absolute atomic E-state index is 5.65. The summed E-state index contributed by atoms with van der Waals surface area (Å²) in [5.74, 6) is 0. The molecule has 9 heteroatoms. The third-order valence-corrected chi connectivity index (χ3v) is 6.36. The summed E-state index contributed by atoms with van der Waals surface area (Å²) in [4.78, 5) is 0. The van der Waals surface area contributed by atoms with Gasteiger partial charge in [0, 0.05) is 21.3 Å². The quantitative estimate of drug-likeness (QED) is 0.199. The van der Waals surface area contributed by atoms with Gasteiger partial charge in [0.15, 0.2) is 0 Å². The first-order valence-corrected chi connectivity index (χ1v) is 11.1. The monoisotopic (exact) mass is 420 g/mol. The van der Waals surface area contributed by atoms with E-state index in [-0.39, 0.29) is 0 Å². The molecular formula is C18H36O7Si2. The van der Waals surface area contributed by atoms with E-state index in [1.165, 1.54) is 0 Å². The molecule has 27 heavy (non-hydrogen) atoms. The summed E-state index contributed by atoms with van der Waals surface area (Å²) in [6.45, 7) is 17.2. The highest BCUT2D eigenvalue weighted by atomic mass is 28.4. The lowest BCUT2D eigenvalue weighted by molar-refractivity contribution is 0.0232. The second-order valence-corrected chi connectivity index (χ2v) is 7.89. The van der Waals surface area contributed by atoms with Crippen LogP contribution in [0, 0.1) is 0 Å². The molecule has 0 aromatic heterocycles. The van der Waals surface area contributed by atoms with Crippen LogP contribution in [0.15, 0.2) is 50.2 Å². The fourth-order valence-corrected chi connectivity index (χ4v) is 3.81. The summed E-state index contributed by atoms with van der Waals surface area (Å²) in [7, 11) is 2.63. The van der Waals surface area contributed by atoms with Gasteiger partial charge in [0.1, 0.15) is 16.1 Å². The first-order chi connectivity index (χ1) is 13.0. The topological polar surface area (TPSA) is 64.6 Å².